The predicted molar refractivity (Wildman–Crippen MR) is 88.6 cm³/mol. The van der Waals surface area contributed by atoms with Gasteiger partial charge in [0.15, 0.2) is 0 Å². The van der Waals surface area contributed by atoms with Crippen molar-refractivity contribution < 1.29 is 4.48 Å². The van der Waals surface area contributed by atoms with E-state index in [0.29, 0.717) is 0 Å². The molecule has 0 N–H and O–H groups in total. The fourth-order valence-corrected chi connectivity index (χ4v) is 3.01. The maximum atomic E-state index is 2.34. The molecule has 0 fully saturated rings. The van der Waals surface area contributed by atoms with Gasteiger partial charge in [0, 0.05) is 0 Å². The van der Waals surface area contributed by atoms with E-state index < -0.39 is 0 Å². The van der Waals surface area contributed by atoms with E-state index in [0.717, 1.165) is 10.5 Å². The molecule has 116 valence electrons. The maximum absolute atomic E-state index is 2.34. The maximum Gasteiger partial charge on any atom is 0.0881 e. The lowest BCUT2D eigenvalue weighted by Gasteiger charge is -2.33. The molecule has 0 saturated heterocycles. The molecule has 19 heavy (non-hydrogen) atoms. The molecule has 0 aliphatic carbocycles. The van der Waals surface area contributed by atoms with Gasteiger partial charge >= 0.3 is 0 Å². The molecular weight excluding hydrogens is 230 g/mol. The molecule has 0 rings (SSSR count). The van der Waals surface area contributed by atoms with Crippen LogP contribution in [0.15, 0.2) is 0 Å². The van der Waals surface area contributed by atoms with E-state index in [-0.39, 0.29) is 0 Å². The highest BCUT2D eigenvalue weighted by molar-refractivity contribution is 4.56. The summed E-state index contributed by atoms with van der Waals surface area (Å²) in [5.41, 5.74) is 0. The summed E-state index contributed by atoms with van der Waals surface area (Å²) in [7, 11) is 7.01. The Balaban J connectivity index is 3.31. The van der Waals surface area contributed by atoms with Gasteiger partial charge < -0.3 is 4.48 Å². The van der Waals surface area contributed by atoms with Crippen molar-refractivity contribution in [2.45, 2.75) is 96.9 Å². The van der Waals surface area contributed by atoms with Gasteiger partial charge in [-0.25, -0.2) is 0 Å². The van der Waals surface area contributed by atoms with Gasteiger partial charge in [0.1, 0.15) is 0 Å². The summed E-state index contributed by atoms with van der Waals surface area (Å²) < 4.78 is 1.13. The molecule has 0 amide bonds. The van der Waals surface area contributed by atoms with E-state index in [9.17, 15) is 0 Å². The predicted octanol–water partition coefficient (Wildman–Crippen LogP) is 5.78. The molecule has 0 radical (unpaired) electrons. The van der Waals surface area contributed by atoms with Gasteiger partial charge in [-0.2, -0.15) is 0 Å². The van der Waals surface area contributed by atoms with Crippen LogP contribution in [0.5, 0.6) is 0 Å². The highest BCUT2D eigenvalue weighted by Crippen LogP contribution is 2.17. The van der Waals surface area contributed by atoms with Crippen LogP contribution < -0.4 is 0 Å². The van der Waals surface area contributed by atoms with Gasteiger partial charge in [0.05, 0.1) is 27.2 Å². The minimum Gasteiger partial charge on any atom is -0.328 e. The van der Waals surface area contributed by atoms with Crippen molar-refractivity contribution in [2.75, 3.05) is 21.1 Å². The van der Waals surface area contributed by atoms with Gasteiger partial charge in [-0.1, -0.05) is 71.6 Å². The van der Waals surface area contributed by atoms with E-state index in [1.165, 1.54) is 77.0 Å². The second-order valence-corrected chi connectivity index (χ2v) is 7.15. The average Bonchev–Trinajstić information content (AvgIpc) is 2.34. The lowest BCUT2D eigenvalue weighted by atomic mass is 10.0. The van der Waals surface area contributed by atoms with Crippen LogP contribution in [0.4, 0.5) is 0 Å². The molecule has 0 saturated carbocycles. The molecule has 0 spiro atoms. The molecule has 0 aromatic carbocycles. The highest BCUT2D eigenvalue weighted by atomic mass is 15.3. The summed E-state index contributed by atoms with van der Waals surface area (Å²) in [4.78, 5) is 0. The van der Waals surface area contributed by atoms with Crippen molar-refractivity contribution in [3.63, 3.8) is 0 Å². The van der Waals surface area contributed by atoms with Crippen molar-refractivity contribution in [1.29, 1.82) is 0 Å². The molecule has 1 nitrogen and oxygen atoms in total. The Labute approximate surface area is 123 Å². The molecule has 0 aliphatic heterocycles. The van der Waals surface area contributed by atoms with Crippen molar-refractivity contribution in [1.82, 2.24) is 0 Å². The minimum absolute atomic E-state index is 0.856. The van der Waals surface area contributed by atoms with Crippen LogP contribution in [0.2, 0.25) is 0 Å². The first kappa shape index (κ1) is 19.0. The van der Waals surface area contributed by atoms with Crippen molar-refractivity contribution >= 4 is 0 Å². The van der Waals surface area contributed by atoms with Crippen LogP contribution in [-0.4, -0.2) is 31.7 Å². The van der Waals surface area contributed by atoms with E-state index in [1.807, 2.05) is 0 Å². The monoisotopic (exact) mass is 270 g/mol. The quantitative estimate of drug-likeness (QED) is 0.294. The smallest absolute Gasteiger partial charge is 0.0881 e. The number of nitrogens with zero attached hydrogens (tertiary/aromatic N) is 1. The SMILES string of the molecule is CCCCCCCCCCCCC(CC)[N+](C)(C)C. The van der Waals surface area contributed by atoms with Gasteiger partial charge in [-0.05, 0) is 19.3 Å². The first-order chi connectivity index (χ1) is 9.02. The van der Waals surface area contributed by atoms with E-state index in [4.69, 9.17) is 0 Å². The lowest BCUT2D eigenvalue weighted by molar-refractivity contribution is -0.896. The summed E-state index contributed by atoms with van der Waals surface area (Å²) in [6.45, 7) is 4.63. The molecular formula is C18H40N+. The van der Waals surface area contributed by atoms with Crippen LogP contribution >= 0.6 is 0 Å². The van der Waals surface area contributed by atoms with Gasteiger partial charge in [0.25, 0.3) is 0 Å². The Morgan fingerprint density at radius 2 is 1.05 bits per heavy atom. The van der Waals surface area contributed by atoms with E-state index in [1.54, 1.807) is 0 Å². The Morgan fingerprint density at radius 1 is 0.632 bits per heavy atom. The van der Waals surface area contributed by atoms with Crippen LogP contribution in [0.3, 0.4) is 0 Å². The summed E-state index contributed by atoms with van der Waals surface area (Å²) in [6, 6.07) is 0.856. The fourth-order valence-electron chi connectivity index (χ4n) is 3.01. The third-order valence-electron chi connectivity index (χ3n) is 4.46. The lowest BCUT2D eigenvalue weighted by Crippen LogP contribution is -2.44. The zero-order chi connectivity index (χ0) is 14.6. The first-order valence-electron chi connectivity index (χ1n) is 8.83. The molecule has 0 bridgehead atoms. The first-order valence-corrected chi connectivity index (χ1v) is 8.83. The van der Waals surface area contributed by atoms with Crippen molar-refractivity contribution in [3.05, 3.63) is 0 Å². The summed E-state index contributed by atoms with van der Waals surface area (Å²) in [5.74, 6) is 0. The average molecular weight is 271 g/mol. The molecule has 1 atom stereocenters. The van der Waals surface area contributed by atoms with Crippen LogP contribution in [0.25, 0.3) is 0 Å². The van der Waals surface area contributed by atoms with E-state index in [2.05, 4.69) is 35.0 Å². The summed E-state index contributed by atoms with van der Waals surface area (Å²) in [6.07, 6.45) is 17.2. The number of rotatable bonds is 13. The minimum atomic E-state index is 0.856. The van der Waals surface area contributed by atoms with Gasteiger partial charge in [-0.15, -0.1) is 0 Å². The number of unbranched alkanes of at least 4 members (excludes halogenated alkanes) is 9. The Morgan fingerprint density at radius 3 is 1.42 bits per heavy atom. The second kappa shape index (κ2) is 11.8. The normalized spacial score (nSPS) is 13.7. The summed E-state index contributed by atoms with van der Waals surface area (Å²) in [5, 5.41) is 0. The highest BCUT2D eigenvalue weighted by Gasteiger charge is 2.20. The molecule has 0 aliphatic rings. The Hall–Kier alpha value is -0.0400. The van der Waals surface area contributed by atoms with Crippen LogP contribution in [-0.2, 0) is 0 Å². The summed E-state index contributed by atoms with van der Waals surface area (Å²) >= 11 is 0. The van der Waals surface area contributed by atoms with Crippen LogP contribution in [0.1, 0.15) is 90.9 Å². The van der Waals surface area contributed by atoms with Crippen molar-refractivity contribution in [3.8, 4) is 0 Å². The fraction of sp³-hybridized carbons (Fsp3) is 1.00. The topological polar surface area (TPSA) is 0 Å². The number of quaternary nitrogens is 1. The Kier molecular flexibility index (Phi) is 11.7. The zero-order valence-electron chi connectivity index (χ0n) is 14.5. The second-order valence-electron chi connectivity index (χ2n) is 7.15. The van der Waals surface area contributed by atoms with Gasteiger partial charge in [0.2, 0.25) is 0 Å². The van der Waals surface area contributed by atoms with Crippen molar-refractivity contribution in [2.24, 2.45) is 0 Å². The molecule has 0 aromatic rings. The standard InChI is InChI=1S/C18H40N/c1-6-8-9-10-11-12-13-14-15-16-17-18(7-2)19(3,4)5/h18H,6-17H2,1-5H3/q+1. The van der Waals surface area contributed by atoms with E-state index >= 15 is 0 Å². The molecule has 0 aromatic heterocycles. The number of hydrogen-bond acceptors (Lipinski definition) is 0. The molecule has 0 heterocycles. The largest absolute Gasteiger partial charge is 0.328 e. The third-order valence-corrected chi connectivity index (χ3v) is 4.46. The van der Waals surface area contributed by atoms with Gasteiger partial charge in [-0.3, -0.25) is 0 Å². The van der Waals surface area contributed by atoms with Crippen LogP contribution in [0, 0.1) is 0 Å². The zero-order valence-corrected chi connectivity index (χ0v) is 14.5. The molecule has 1 heteroatoms. The molecule has 1 unspecified atom stereocenters. The Bertz CT molecular complexity index is 181. The number of hydrogen-bond donors (Lipinski definition) is 0. The third kappa shape index (κ3) is 11.5.